The first-order valence-electron chi connectivity index (χ1n) is 7.10. The van der Waals surface area contributed by atoms with Gasteiger partial charge in [0.1, 0.15) is 5.76 Å². The number of hydrogen-bond donors (Lipinski definition) is 2. The second-order valence-electron chi connectivity index (χ2n) is 4.87. The highest BCUT2D eigenvalue weighted by molar-refractivity contribution is 7.16. The van der Waals surface area contributed by atoms with E-state index in [-0.39, 0.29) is 5.91 Å². The lowest BCUT2D eigenvalue weighted by molar-refractivity contribution is 0.0949. The monoisotopic (exact) mass is 346 g/mol. The Hall–Kier alpha value is -2.24. The number of benzene rings is 1. The summed E-state index contributed by atoms with van der Waals surface area (Å²) in [6, 6.07) is 14.9. The topological polar surface area (TPSA) is 54.3 Å². The molecule has 0 aliphatic rings. The van der Waals surface area contributed by atoms with Crippen molar-refractivity contribution < 1.29 is 9.21 Å². The third kappa shape index (κ3) is 4.15. The van der Waals surface area contributed by atoms with Gasteiger partial charge in [-0.1, -0.05) is 23.7 Å². The van der Waals surface area contributed by atoms with E-state index >= 15 is 0 Å². The third-order valence-corrected chi connectivity index (χ3v) is 4.49. The Morgan fingerprint density at radius 1 is 1.09 bits per heavy atom. The molecule has 0 aliphatic heterocycles. The molecule has 1 amide bonds. The molecule has 0 unspecified atom stereocenters. The Bertz CT molecular complexity index is 784. The summed E-state index contributed by atoms with van der Waals surface area (Å²) < 4.78 is 5.97. The minimum absolute atomic E-state index is 0.145. The van der Waals surface area contributed by atoms with Gasteiger partial charge in [-0.15, -0.1) is 11.3 Å². The number of carbonyl (C=O) groups excluding carboxylic acids is 1. The number of para-hydroxylation sites is 1. The first kappa shape index (κ1) is 15.6. The second kappa shape index (κ2) is 7.35. The van der Waals surface area contributed by atoms with E-state index < -0.39 is 0 Å². The lowest BCUT2D eigenvalue weighted by atomic mass is 10.1. The number of thiophene rings is 1. The van der Waals surface area contributed by atoms with Crippen molar-refractivity contribution in [1.82, 2.24) is 5.32 Å². The molecule has 0 saturated heterocycles. The fraction of sp³-hybridized carbons (Fsp3) is 0.118. The van der Waals surface area contributed by atoms with Gasteiger partial charge in [-0.05, 0) is 36.4 Å². The average Bonchev–Trinajstić information content (AvgIpc) is 3.22. The van der Waals surface area contributed by atoms with E-state index in [9.17, 15) is 4.79 Å². The highest BCUT2D eigenvalue weighted by Gasteiger charge is 2.11. The fourth-order valence-corrected chi connectivity index (χ4v) is 3.17. The fourth-order valence-electron chi connectivity index (χ4n) is 2.14. The third-order valence-electron chi connectivity index (χ3n) is 3.26. The summed E-state index contributed by atoms with van der Waals surface area (Å²) in [6.45, 7) is 0.987. The molecule has 2 N–H and O–H groups in total. The molecule has 0 bridgehead atoms. The van der Waals surface area contributed by atoms with Crippen LogP contribution in [0.15, 0.2) is 59.2 Å². The summed E-state index contributed by atoms with van der Waals surface area (Å²) >= 11 is 7.45. The minimum atomic E-state index is -0.145. The van der Waals surface area contributed by atoms with Crippen molar-refractivity contribution in [2.24, 2.45) is 0 Å². The van der Waals surface area contributed by atoms with Crippen LogP contribution in [0.1, 0.15) is 21.0 Å². The predicted molar refractivity (Wildman–Crippen MR) is 93.0 cm³/mol. The van der Waals surface area contributed by atoms with Crippen LogP contribution >= 0.6 is 22.9 Å². The standard InChI is InChI=1S/C17H15ClN2O2S/c18-16-8-7-13(23-16)11-19-15-6-2-1-5-14(15)17(21)20-10-12-4-3-9-22-12/h1-9,19H,10-11H2,(H,20,21). The van der Waals surface area contributed by atoms with E-state index in [4.69, 9.17) is 16.0 Å². The Morgan fingerprint density at radius 3 is 2.70 bits per heavy atom. The molecule has 1 aromatic carbocycles. The van der Waals surface area contributed by atoms with E-state index in [0.29, 0.717) is 18.7 Å². The van der Waals surface area contributed by atoms with Crippen molar-refractivity contribution in [3.8, 4) is 0 Å². The second-order valence-corrected chi connectivity index (χ2v) is 6.67. The summed E-state index contributed by atoms with van der Waals surface area (Å²) in [5.41, 5.74) is 1.38. The van der Waals surface area contributed by atoms with Crippen LogP contribution in [0.3, 0.4) is 0 Å². The number of amides is 1. The SMILES string of the molecule is O=C(NCc1ccco1)c1ccccc1NCc1ccc(Cl)s1. The maximum Gasteiger partial charge on any atom is 0.253 e. The van der Waals surface area contributed by atoms with E-state index in [1.165, 1.54) is 11.3 Å². The number of hydrogen-bond acceptors (Lipinski definition) is 4. The molecule has 23 heavy (non-hydrogen) atoms. The van der Waals surface area contributed by atoms with Gasteiger partial charge in [0.25, 0.3) is 5.91 Å². The number of anilines is 1. The van der Waals surface area contributed by atoms with E-state index in [1.54, 1.807) is 18.4 Å². The summed E-state index contributed by atoms with van der Waals surface area (Å²) in [5.74, 6) is 0.575. The van der Waals surface area contributed by atoms with Crippen LogP contribution in [0.5, 0.6) is 0 Å². The molecule has 2 heterocycles. The van der Waals surface area contributed by atoms with Gasteiger partial charge in [-0.3, -0.25) is 4.79 Å². The molecule has 0 saturated carbocycles. The van der Waals surface area contributed by atoms with Crippen LogP contribution in [-0.4, -0.2) is 5.91 Å². The van der Waals surface area contributed by atoms with Gasteiger partial charge in [0.2, 0.25) is 0 Å². The highest BCUT2D eigenvalue weighted by Crippen LogP contribution is 2.23. The Kier molecular flexibility index (Phi) is 5.00. The maximum atomic E-state index is 12.4. The lowest BCUT2D eigenvalue weighted by Crippen LogP contribution is -2.23. The maximum absolute atomic E-state index is 12.4. The van der Waals surface area contributed by atoms with Gasteiger partial charge in [-0.25, -0.2) is 0 Å². The number of rotatable bonds is 6. The summed E-state index contributed by atoms with van der Waals surface area (Å²) in [7, 11) is 0. The molecule has 0 fully saturated rings. The Morgan fingerprint density at radius 2 is 1.96 bits per heavy atom. The van der Waals surface area contributed by atoms with Crippen LogP contribution in [0.4, 0.5) is 5.69 Å². The molecular weight excluding hydrogens is 332 g/mol. The molecule has 2 aromatic heterocycles. The summed E-state index contributed by atoms with van der Waals surface area (Å²) in [5, 5.41) is 6.14. The molecule has 3 aromatic rings. The van der Waals surface area contributed by atoms with Crippen molar-refractivity contribution in [2.75, 3.05) is 5.32 Å². The van der Waals surface area contributed by atoms with E-state index in [1.807, 2.05) is 36.4 Å². The first-order chi connectivity index (χ1) is 11.2. The van der Waals surface area contributed by atoms with Crippen LogP contribution < -0.4 is 10.6 Å². The minimum Gasteiger partial charge on any atom is -0.467 e. The van der Waals surface area contributed by atoms with Crippen molar-refractivity contribution >= 4 is 34.5 Å². The predicted octanol–water partition coefficient (Wildman–Crippen LogP) is 4.54. The number of halogens is 1. The van der Waals surface area contributed by atoms with Crippen LogP contribution in [-0.2, 0) is 13.1 Å². The Labute approximate surface area is 143 Å². The largest absolute Gasteiger partial charge is 0.467 e. The number of furan rings is 1. The lowest BCUT2D eigenvalue weighted by Gasteiger charge is -2.11. The van der Waals surface area contributed by atoms with Crippen LogP contribution in [0.2, 0.25) is 4.34 Å². The van der Waals surface area contributed by atoms with Crippen LogP contribution in [0.25, 0.3) is 0 Å². The van der Waals surface area contributed by atoms with E-state index in [2.05, 4.69) is 10.6 Å². The van der Waals surface area contributed by atoms with Crippen molar-refractivity contribution in [3.05, 3.63) is 75.3 Å². The quantitative estimate of drug-likeness (QED) is 0.689. The van der Waals surface area contributed by atoms with Gasteiger partial charge < -0.3 is 15.1 Å². The smallest absolute Gasteiger partial charge is 0.253 e. The van der Waals surface area contributed by atoms with Gasteiger partial charge in [0.05, 0.1) is 22.7 Å². The zero-order valence-corrected chi connectivity index (χ0v) is 13.8. The molecule has 0 spiro atoms. The average molecular weight is 347 g/mol. The van der Waals surface area contributed by atoms with Gasteiger partial charge >= 0.3 is 0 Å². The van der Waals surface area contributed by atoms with Crippen molar-refractivity contribution in [1.29, 1.82) is 0 Å². The summed E-state index contributed by atoms with van der Waals surface area (Å²) in [4.78, 5) is 13.5. The molecule has 4 nitrogen and oxygen atoms in total. The molecule has 6 heteroatoms. The van der Waals surface area contributed by atoms with Gasteiger partial charge in [0, 0.05) is 17.1 Å². The zero-order chi connectivity index (χ0) is 16.1. The Balaban J connectivity index is 1.65. The molecule has 0 atom stereocenters. The number of carbonyl (C=O) groups is 1. The van der Waals surface area contributed by atoms with E-state index in [0.717, 1.165) is 20.7 Å². The normalized spacial score (nSPS) is 10.5. The molecule has 118 valence electrons. The van der Waals surface area contributed by atoms with Crippen molar-refractivity contribution in [2.45, 2.75) is 13.1 Å². The first-order valence-corrected chi connectivity index (χ1v) is 8.29. The summed E-state index contributed by atoms with van der Waals surface area (Å²) in [6.07, 6.45) is 1.59. The zero-order valence-electron chi connectivity index (χ0n) is 12.2. The highest BCUT2D eigenvalue weighted by atomic mass is 35.5. The van der Waals surface area contributed by atoms with Gasteiger partial charge in [0.15, 0.2) is 0 Å². The van der Waals surface area contributed by atoms with Crippen molar-refractivity contribution in [3.63, 3.8) is 0 Å². The van der Waals surface area contributed by atoms with Gasteiger partial charge in [-0.2, -0.15) is 0 Å². The molecule has 0 radical (unpaired) electrons. The number of nitrogens with one attached hydrogen (secondary N) is 2. The molecular formula is C17H15ClN2O2S. The molecule has 3 rings (SSSR count). The van der Waals surface area contributed by atoms with Crippen LogP contribution in [0, 0.1) is 0 Å². The molecule has 0 aliphatic carbocycles.